The van der Waals surface area contributed by atoms with Gasteiger partial charge in [-0.3, -0.25) is 0 Å². The van der Waals surface area contributed by atoms with Gasteiger partial charge in [0.1, 0.15) is 5.82 Å². The van der Waals surface area contributed by atoms with E-state index in [2.05, 4.69) is 0 Å². The second-order valence-electron chi connectivity index (χ2n) is 4.60. The summed E-state index contributed by atoms with van der Waals surface area (Å²) in [5.41, 5.74) is 5.77. The van der Waals surface area contributed by atoms with Crippen molar-refractivity contribution in [1.82, 2.24) is 0 Å². The Bertz CT molecular complexity index is 600. The third kappa shape index (κ3) is 2.99. The first-order valence-electron chi connectivity index (χ1n) is 6.01. The van der Waals surface area contributed by atoms with Crippen LogP contribution in [-0.4, -0.2) is 0 Å². The second kappa shape index (κ2) is 5.25. The van der Waals surface area contributed by atoms with Gasteiger partial charge in [-0.1, -0.05) is 24.3 Å². The van der Waals surface area contributed by atoms with E-state index in [-0.39, 0.29) is 11.6 Å². The molecular formula is C15H13F4N. The first-order valence-corrected chi connectivity index (χ1v) is 6.01. The molecule has 0 spiro atoms. The summed E-state index contributed by atoms with van der Waals surface area (Å²) in [7, 11) is 0. The van der Waals surface area contributed by atoms with Crippen LogP contribution in [0.4, 0.5) is 17.6 Å². The molecule has 0 aliphatic carbocycles. The number of alkyl halides is 3. The number of nitrogens with two attached hydrogens (primary N) is 1. The molecule has 0 amide bonds. The summed E-state index contributed by atoms with van der Waals surface area (Å²) < 4.78 is 52.0. The quantitative estimate of drug-likeness (QED) is 0.805. The van der Waals surface area contributed by atoms with Crippen molar-refractivity contribution in [2.24, 2.45) is 5.73 Å². The standard InChI is InChI=1S/C15H13F4N/c1-9(20)10-2-4-11(5-3-10)13-8-12(16)6-7-14(13)15(17,18)19/h2-9H,20H2,1H3. The normalized spacial score (nSPS) is 13.3. The molecule has 2 aromatic carbocycles. The van der Waals surface area contributed by atoms with Gasteiger partial charge in [0.25, 0.3) is 0 Å². The van der Waals surface area contributed by atoms with Gasteiger partial charge in [-0.2, -0.15) is 13.2 Å². The molecule has 1 unspecified atom stereocenters. The predicted molar refractivity (Wildman–Crippen MR) is 69.4 cm³/mol. The van der Waals surface area contributed by atoms with Crippen molar-refractivity contribution in [2.75, 3.05) is 0 Å². The Balaban J connectivity index is 2.54. The topological polar surface area (TPSA) is 26.0 Å². The van der Waals surface area contributed by atoms with E-state index >= 15 is 0 Å². The Labute approximate surface area is 114 Å². The summed E-state index contributed by atoms with van der Waals surface area (Å²) in [5.74, 6) is -0.704. The van der Waals surface area contributed by atoms with Crippen LogP contribution in [0.2, 0.25) is 0 Å². The highest BCUT2D eigenvalue weighted by Crippen LogP contribution is 2.37. The minimum atomic E-state index is -4.52. The molecule has 5 heteroatoms. The van der Waals surface area contributed by atoms with Gasteiger partial charge < -0.3 is 5.73 Å². The van der Waals surface area contributed by atoms with Gasteiger partial charge in [-0.15, -0.1) is 0 Å². The molecule has 0 saturated heterocycles. The molecule has 0 heterocycles. The molecule has 0 radical (unpaired) electrons. The first-order chi connectivity index (χ1) is 9.29. The van der Waals surface area contributed by atoms with E-state index in [4.69, 9.17) is 5.73 Å². The summed E-state index contributed by atoms with van der Waals surface area (Å²) in [4.78, 5) is 0. The Morgan fingerprint density at radius 1 is 1.00 bits per heavy atom. The SMILES string of the molecule is CC(N)c1ccc(-c2cc(F)ccc2C(F)(F)F)cc1. The van der Waals surface area contributed by atoms with Gasteiger partial charge in [-0.25, -0.2) is 4.39 Å². The molecule has 0 aliphatic rings. The highest BCUT2D eigenvalue weighted by molar-refractivity contribution is 5.68. The minimum Gasteiger partial charge on any atom is -0.324 e. The first kappa shape index (κ1) is 14.5. The van der Waals surface area contributed by atoms with Gasteiger partial charge >= 0.3 is 6.18 Å². The van der Waals surface area contributed by atoms with Crippen LogP contribution in [-0.2, 0) is 6.18 Å². The lowest BCUT2D eigenvalue weighted by atomic mass is 9.97. The van der Waals surface area contributed by atoms with Crippen LogP contribution >= 0.6 is 0 Å². The Morgan fingerprint density at radius 2 is 1.60 bits per heavy atom. The summed E-state index contributed by atoms with van der Waals surface area (Å²) >= 11 is 0. The zero-order valence-electron chi connectivity index (χ0n) is 10.7. The van der Waals surface area contributed by atoms with Crippen molar-refractivity contribution in [3.8, 4) is 11.1 Å². The Morgan fingerprint density at radius 3 is 2.10 bits per heavy atom. The number of benzene rings is 2. The van der Waals surface area contributed by atoms with E-state index in [1.165, 1.54) is 12.1 Å². The van der Waals surface area contributed by atoms with Gasteiger partial charge in [0, 0.05) is 6.04 Å². The molecule has 2 N–H and O–H groups in total. The van der Waals surface area contributed by atoms with Gasteiger partial charge in [0.2, 0.25) is 0 Å². The minimum absolute atomic E-state index is 0.172. The van der Waals surface area contributed by atoms with Crippen LogP contribution in [0.3, 0.4) is 0 Å². The average molecular weight is 283 g/mol. The van der Waals surface area contributed by atoms with Crippen molar-refractivity contribution in [1.29, 1.82) is 0 Å². The fraction of sp³-hybridized carbons (Fsp3) is 0.200. The molecule has 20 heavy (non-hydrogen) atoms. The van der Waals surface area contributed by atoms with Crippen molar-refractivity contribution in [2.45, 2.75) is 19.1 Å². The van der Waals surface area contributed by atoms with Crippen LogP contribution in [0.15, 0.2) is 42.5 Å². The fourth-order valence-corrected chi connectivity index (χ4v) is 1.97. The number of halogens is 4. The summed E-state index contributed by atoms with van der Waals surface area (Å²) in [6.45, 7) is 1.78. The Hall–Kier alpha value is -1.88. The van der Waals surface area contributed by atoms with Crippen LogP contribution in [0.25, 0.3) is 11.1 Å². The second-order valence-corrected chi connectivity index (χ2v) is 4.60. The van der Waals surface area contributed by atoms with E-state index in [0.29, 0.717) is 5.56 Å². The largest absolute Gasteiger partial charge is 0.417 e. The lowest BCUT2D eigenvalue weighted by molar-refractivity contribution is -0.137. The zero-order chi connectivity index (χ0) is 14.9. The smallest absolute Gasteiger partial charge is 0.324 e. The van der Waals surface area contributed by atoms with Gasteiger partial charge in [-0.05, 0) is 41.8 Å². The fourth-order valence-electron chi connectivity index (χ4n) is 1.97. The zero-order valence-corrected chi connectivity index (χ0v) is 10.7. The molecule has 0 fully saturated rings. The maximum Gasteiger partial charge on any atom is 0.417 e. The lowest BCUT2D eigenvalue weighted by Gasteiger charge is -2.14. The van der Waals surface area contributed by atoms with E-state index in [1.54, 1.807) is 19.1 Å². The molecule has 1 nitrogen and oxygen atoms in total. The van der Waals surface area contributed by atoms with Crippen LogP contribution in [0.5, 0.6) is 0 Å². The van der Waals surface area contributed by atoms with E-state index in [9.17, 15) is 17.6 Å². The van der Waals surface area contributed by atoms with Crippen molar-refractivity contribution < 1.29 is 17.6 Å². The molecule has 0 aliphatic heterocycles. The highest BCUT2D eigenvalue weighted by atomic mass is 19.4. The predicted octanol–water partition coefficient (Wildman–Crippen LogP) is 4.53. The number of hydrogen-bond acceptors (Lipinski definition) is 1. The lowest BCUT2D eigenvalue weighted by Crippen LogP contribution is -2.08. The van der Waals surface area contributed by atoms with Crippen molar-refractivity contribution in [3.05, 3.63) is 59.4 Å². The van der Waals surface area contributed by atoms with Crippen molar-refractivity contribution >= 4 is 0 Å². The molecule has 0 aromatic heterocycles. The van der Waals surface area contributed by atoms with E-state index in [1.807, 2.05) is 0 Å². The summed E-state index contributed by atoms with van der Waals surface area (Å²) in [5, 5.41) is 0. The third-order valence-electron chi connectivity index (χ3n) is 3.03. The average Bonchev–Trinajstić information content (AvgIpc) is 2.37. The molecule has 2 rings (SSSR count). The van der Waals surface area contributed by atoms with Gasteiger partial charge in [0.15, 0.2) is 0 Å². The maximum atomic E-state index is 13.2. The number of rotatable bonds is 2. The molecule has 0 bridgehead atoms. The number of hydrogen-bond donors (Lipinski definition) is 1. The van der Waals surface area contributed by atoms with E-state index in [0.717, 1.165) is 23.8 Å². The highest BCUT2D eigenvalue weighted by Gasteiger charge is 2.33. The molecule has 2 aromatic rings. The third-order valence-corrected chi connectivity index (χ3v) is 3.03. The Kier molecular flexibility index (Phi) is 3.81. The van der Waals surface area contributed by atoms with Crippen LogP contribution in [0.1, 0.15) is 24.1 Å². The molecule has 106 valence electrons. The summed E-state index contributed by atoms with van der Waals surface area (Å²) in [6.07, 6.45) is -4.52. The monoisotopic (exact) mass is 283 g/mol. The van der Waals surface area contributed by atoms with Crippen LogP contribution in [0, 0.1) is 5.82 Å². The molecule has 1 atom stereocenters. The summed E-state index contributed by atoms with van der Waals surface area (Å²) in [6, 6.07) is 8.57. The van der Waals surface area contributed by atoms with Crippen LogP contribution < -0.4 is 5.73 Å². The van der Waals surface area contributed by atoms with E-state index < -0.39 is 17.6 Å². The maximum absolute atomic E-state index is 13.2. The molecular weight excluding hydrogens is 270 g/mol. The van der Waals surface area contributed by atoms with Crippen molar-refractivity contribution in [3.63, 3.8) is 0 Å². The molecule has 0 saturated carbocycles. The van der Waals surface area contributed by atoms with Gasteiger partial charge in [0.05, 0.1) is 5.56 Å².